The molecule has 2 aromatic heterocycles. The number of aromatic nitrogens is 2. The second kappa shape index (κ2) is 4.72. The molecule has 4 unspecified atom stereocenters. The quantitative estimate of drug-likeness (QED) is 0.429. The van der Waals surface area contributed by atoms with Gasteiger partial charge in [0.1, 0.15) is 0 Å². The molecule has 6 aliphatic rings. The van der Waals surface area contributed by atoms with Crippen LogP contribution in [0.5, 0.6) is 0 Å². The lowest BCUT2D eigenvalue weighted by molar-refractivity contribution is 0.570. The molecule has 4 heteroatoms. The first kappa shape index (κ1) is 15.0. The van der Waals surface area contributed by atoms with Crippen LogP contribution in [0.3, 0.4) is 0 Å². The number of pyridine rings is 2. The normalized spacial score (nSPS) is 30.8. The fourth-order valence-corrected chi connectivity index (χ4v) is 7.59. The molecule has 0 amide bonds. The Bertz CT molecular complexity index is 1290. The number of anilines is 2. The molecular formula is C26H22N4. The maximum Gasteiger partial charge on any atom is 0.0989 e. The largest absolute Gasteiger partial charge is 0.357 e. The van der Waals surface area contributed by atoms with E-state index in [1.807, 2.05) is 0 Å². The highest BCUT2D eigenvalue weighted by Gasteiger charge is 2.44. The number of aryl methyl sites for hydroxylation is 2. The predicted molar refractivity (Wildman–Crippen MR) is 119 cm³/mol. The Hall–Kier alpha value is -2.88. The Morgan fingerprint density at radius 3 is 1.60 bits per heavy atom. The zero-order valence-electron chi connectivity index (χ0n) is 16.8. The van der Waals surface area contributed by atoms with Gasteiger partial charge in [-0.1, -0.05) is 24.3 Å². The van der Waals surface area contributed by atoms with Crippen LogP contribution in [0.1, 0.15) is 35.1 Å². The first-order valence-corrected chi connectivity index (χ1v) is 11.6. The summed E-state index contributed by atoms with van der Waals surface area (Å²) in [5, 5.41) is 2.85. The molecule has 0 N–H and O–H groups in total. The molecule has 0 spiro atoms. The minimum absolute atomic E-state index is 0.512. The minimum atomic E-state index is 0.512. The van der Waals surface area contributed by atoms with E-state index in [9.17, 15) is 0 Å². The van der Waals surface area contributed by atoms with Crippen molar-refractivity contribution in [2.75, 3.05) is 9.80 Å². The van der Waals surface area contributed by atoms with Gasteiger partial charge in [0.25, 0.3) is 0 Å². The fraction of sp³-hybridized carbons (Fsp3) is 0.385. The van der Waals surface area contributed by atoms with E-state index in [0.717, 1.165) is 36.7 Å². The molecule has 6 aliphatic heterocycles. The summed E-state index contributed by atoms with van der Waals surface area (Å²) >= 11 is 0. The van der Waals surface area contributed by atoms with E-state index in [-0.39, 0.29) is 0 Å². The lowest BCUT2D eigenvalue weighted by Crippen LogP contribution is -2.46. The molecule has 3 aromatic rings. The van der Waals surface area contributed by atoms with Gasteiger partial charge < -0.3 is 9.80 Å². The molecule has 1 aromatic carbocycles. The van der Waals surface area contributed by atoms with Crippen molar-refractivity contribution < 1.29 is 0 Å². The molecule has 4 atom stereocenters. The van der Waals surface area contributed by atoms with Crippen molar-refractivity contribution >= 4 is 33.2 Å². The van der Waals surface area contributed by atoms with E-state index in [2.05, 4.69) is 46.5 Å². The Morgan fingerprint density at radius 2 is 1.10 bits per heavy atom. The third-order valence-corrected chi connectivity index (χ3v) is 8.75. The summed E-state index contributed by atoms with van der Waals surface area (Å²) in [4.78, 5) is 15.5. The van der Waals surface area contributed by atoms with Crippen molar-refractivity contribution in [1.29, 1.82) is 0 Å². The van der Waals surface area contributed by atoms with Gasteiger partial charge in [-0.25, -0.2) is 0 Å². The molecule has 9 rings (SSSR count). The van der Waals surface area contributed by atoms with Gasteiger partial charge in [-0.15, -0.1) is 0 Å². The molecular weight excluding hydrogens is 368 g/mol. The third kappa shape index (κ3) is 1.49. The lowest BCUT2D eigenvalue weighted by Gasteiger charge is -2.45. The monoisotopic (exact) mass is 390 g/mol. The Labute approximate surface area is 174 Å². The minimum Gasteiger partial charge on any atom is -0.357 e. The van der Waals surface area contributed by atoms with E-state index in [0.29, 0.717) is 24.2 Å². The highest BCUT2D eigenvalue weighted by atomic mass is 15.2. The van der Waals surface area contributed by atoms with Crippen LogP contribution in [0.25, 0.3) is 21.8 Å². The molecule has 4 nitrogen and oxygen atoms in total. The Morgan fingerprint density at radius 1 is 0.633 bits per heavy atom. The zero-order valence-corrected chi connectivity index (χ0v) is 16.8. The molecule has 30 heavy (non-hydrogen) atoms. The maximum atomic E-state index is 5.07. The average molecular weight is 390 g/mol. The third-order valence-electron chi connectivity index (χ3n) is 8.75. The zero-order chi connectivity index (χ0) is 19.1. The molecule has 0 radical (unpaired) electrons. The molecule has 0 saturated heterocycles. The van der Waals surface area contributed by atoms with Crippen molar-refractivity contribution in [3.8, 4) is 0 Å². The molecule has 146 valence electrons. The first-order valence-electron chi connectivity index (χ1n) is 11.6. The van der Waals surface area contributed by atoms with E-state index in [4.69, 9.17) is 9.97 Å². The number of rotatable bonds is 0. The standard InChI is InChI=1S/C26H22N4/c1-3-15-5-7-17-9-19-20-10-18-8-6-16-4-2-14-12-28-24(22(20)26(14)30(16)18)23-21(19)25(29(15)17)13(1)11-27-23/h5-8,11-12,15-18H,1-4,9-10H2. The van der Waals surface area contributed by atoms with Crippen LogP contribution in [0.2, 0.25) is 0 Å². The summed E-state index contributed by atoms with van der Waals surface area (Å²) in [6.45, 7) is 0. The number of benzene rings is 1. The summed E-state index contributed by atoms with van der Waals surface area (Å²) in [7, 11) is 0. The number of hydrogen-bond donors (Lipinski definition) is 0. The van der Waals surface area contributed by atoms with Crippen LogP contribution in [-0.4, -0.2) is 34.1 Å². The average Bonchev–Trinajstić information content (AvgIpc) is 3.40. The number of fused-ring (bicyclic) bond motifs is 2. The second-order valence-electron chi connectivity index (χ2n) is 10.0. The summed E-state index contributed by atoms with van der Waals surface area (Å²) in [6.07, 6.45) is 21.2. The topological polar surface area (TPSA) is 32.3 Å². The molecule has 8 heterocycles. The number of nitrogens with zero attached hydrogens (tertiary/aromatic N) is 4. The maximum absolute atomic E-state index is 5.07. The van der Waals surface area contributed by atoms with Crippen LogP contribution in [-0.2, 0) is 25.7 Å². The summed E-state index contributed by atoms with van der Waals surface area (Å²) in [5.41, 5.74) is 11.3. The summed E-state index contributed by atoms with van der Waals surface area (Å²) in [6, 6.07) is 2.16. The number of hydrogen-bond acceptors (Lipinski definition) is 4. The van der Waals surface area contributed by atoms with Crippen molar-refractivity contribution in [3.63, 3.8) is 0 Å². The summed E-state index contributed by atoms with van der Waals surface area (Å²) in [5.74, 6) is 0. The van der Waals surface area contributed by atoms with Crippen molar-refractivity contribution in [1.82, 2.24) is 9.97 Å². The lowest BCUT2D eigenvalue weighted by atomic mass is 9.79. The Kier molecular flexibility index (Phi) is 2.36. The van der Waals surface area contributed by atoms with Gasteiger partial charge in [-0.2, -0.15) is 0 Å². The SMILES string of the molecule is C1=CC2Cc3c4c5c6c(cnc5c5ncc7c(c35)N2C1CC7)CCC1C=CC(C4)N61. The molecule has 0 saturated carbocycles. The molecule has 0 bridgehead atoms. The second-order valence-corrected chi connectivity index (χ2v) is 10.0. The predicted octanol–water partition coefficient (Wildman–Crippen LogP) is 4.01. The van der Waals surface area contributed by atoms with Gasteiger partial charge in [0.05, 0.1) is 34.5 Å². The van der Waals surface area contributed by atoms with E-state index >= 15 is 0 Å². The van der Waals surface area contributed by atoms with Crippen molar-refractivity contribution in [2.45, 2.75) is 62.7 Å². The highest BCUT2D eigenvalue weighted by Crippen LogP contribution is 2.53. The molecule has 0 fully saturated rings. The van der Waals surface area contributed by atoms with Gasteiger partial charge in [0.15, 0.2) is 0 Å². The van der Waals surface area contributed by atoms with Crippen LogP contribution in [0, 0.1) is 0 Å². The van der Waals surface area contributed by atoms with E-state index < -0.39 is 0 Å². The summed E-state index contributed by atoms with van der Waals surface area (Å²) < 4.78 is 0. The van der Waals surface area contributed by atoms with E-state index in [1.165, 1.54) is 46.1 Å². The highest BCUT2D eigenvalue weighted by molar-refractivity contribution is 6.16. The van der Waals surface area contributed by atoms with E-state index in [1.54, 1.807) is 11.1 Å². The van der Waals surface area contributed by atoms with Gasteiger partial charge in [0, 0.05) is 35.2 Å². The van der Waals surface area contributed by atoms with Gasteiger partial charge in [0.2, 0.25) is 0 Å². The van der Waals surface area contributed by atoms with Crippen molar-refractivity contribution in [2.24, 2.45) is 0 Å². The van der Waals surface area contributed by atoms with Crippen LogP contribution in [0.15, 0.2) is 36.7 Å². The van der Waals surface area contributed by atoms with Crippen LogP contribution in [0.4, 0.5) is 11.4 Å². The van der Waals surface area contributed by atoms with Crippen LogP contribution < -0.4 is 9.80 Å². The van der Waals surface area contributed by atoms with Crippen LogP contribution >= 0.6 is 0 Å². The van der Waals surface area contributed by atoms with Crippen molar-refractivity contribution in [3.05, 3.63) is 59.0 Å². The smallest absolute Gasteiger partial charge is 0.0989 e. The Balaban J connectivity index is 1.49. The first-order chi connectivity index (χ1) is 14.9. The van der Waals surface area contributed by atoms with Gasteiger partial charge >= 0.3 is 0 Å². The molecule has 0 aliphatic carbocycles. The fourth-order valence-electron chi connectivity index (χ4n) is 7.59. The van der Waals surface area contributed by atoms with Gasteiger partial charge in [-0.05, 0) is 60.8 Å². The van der Waals surface area contributed by atoms with Gasteiger partial charge in [-0.3, -0.25) is 9.97 Å².